The second kappa shape index (κ2) is 8.75. The third-order valence-electron chi connectivity index (χ3n) is 5.11. The van der Waals surface area contributed by atoms with Gasteiger partial charge in [0, 0.05) is 11.3 Å². The summed E-state index contributed by atoms with van der Waals surface area (Å²) < 4.78 is 10.6. The summed E-state index contributed by atoms with van der Waals surface area (Å²) in [7, 11) is 3.16. The van der Waals surface area contributed by atoms with Gasteiger partial charge in [0.15, 0.2) is 0 Å². The largest absolute Gasteiger partial charge is 0.497 e. The first-order chi connectivity index (χ1) is 15.1. The fourth-order valence-electron chi connectivity index (χ4n) is 3.53. The van der Waals surface area contributed by atoms with Gasteiger partial charge in [0.1, 0.15) is 17.2 Å². The minimum Gasteiger partial charge on any atom is -0.497 e. The number of imide groups is 1. The van der Waals surface area contributed by atoms with E-state index in [2.05, 4.69) is 5.32 Å². The minimum atomic E-state index is -0.384. The highest BCUT2D eigenvalue weighted by Gasteiger charge is 2.39. The molecule has 0 atom stereocenters. The maximum absolute atomic E-state index is 13.4. The minimum absolute atomic E-state index is 0.117. The fraction of sp³-hybridized carbons (Fsp3) is 0.120. The van der Waals surface area contributed by atoms with E-state index in [0.717, 1.165) is 5.56 Å². The Kier molecular flexibility index (Phi) is 5.71. The fourth-order valence-corrected chi connectivity index (χ4v) is 3.53. The number of para-hydroxylation sites is 1. The van der Waals surface area contributed by atoms with Crippen molar-refractivity contribution in [3.8, 4) is 11.5 Å². The molecule has 0 aromatic heterocycles. The maximum Gasteiger partial charge on any atom is 0.278 e. The molecule has 31 heavy (non-hydrogen) atoms. The zero-order valence-electron chi connectivity index (χ0n) is 17.3. The molecule has 0 aliphatic carbocycles. The first-order valence-electron chi connectivity index (χ1n) is 9.81. The molecule has 3 aromatic rings. The van der Waals surface area contributed by atoms with Crippen molar-refractivity contribution in [2.45, 2.75) is 6.54 Å². The van der Waals surface area contributed by atoms with E-state index in [-0.39, 0.29) is 24.1 Å². The molecule has 156 valence electrons. The molecule has 0 spiro atoms. The van der Waals surface area contributed by atoms with Gasteiger partial charge in [-0.25, -0.2) is 0 Å². The molecule has 1 heterocycles. The summed E-state index contributed by atoms with van der Waals surface area (Å²) in [4.78, 5) is 28.0. The van der Waals surface area contributed by atoms with Crippen LogP contribution in [-0.4, -0.2) is 30.9 Å². The molecule has 0 bridgehead atoms. The van der Waals surface area contributed by atoms with Crippen molar-refractivity contribution < 1.29 is 19.1 Å². The molecule has 0 saturated heterocycles. The lowest BCUT2D eigenvalue weighted by Crippen LogP contribution is -2.32. The van der Waals surface area contributed by atoms with Crippen LogP contribution in [0.1, 0.15) is 11.1 Å². The SMILES string of the molecule is COc1ccc(NC2=C(c3ccccc3)C(=O)N(Cc3ccccc3OC)C2=O)cc1. The second-order valence-corrected chi connectivity index (χ2v) is 6.98. The highest BCUT2D eigenvalue weighted by atomic mass is 16.5. The summed E-state index contributed by atoms with van der Waals surface area (Å²) in [5.41, 5.74) is 2.71. The smallest absolute Gasteiger partial charge is 0.278 e. The third kappa shape index (κ3) is 4.00. The van der Waals surface area contributed by atoms with E-state index in [4.69, 9.17) is 9.47 Å². The molecule has 1 aliphatic rings. The molecule has 0 fully saturated rings. The zero-order valence-corrected chi connectivity index (χ0v) is 17.3. The third-order valence-corrected chi connectivity index (χ3v) is 5.11. The number of ether oxygens (including phenoxy) is 2. The predicted octanol–water partition coefficient (Wildman–Crippen LogP) is 4.10. The quantitative estimate of drug-likeness (QED) is 0.590. The number of rotatable bonds is 7. The maximum atomic E-state index is 13.4. The van der Waals surface area contributed by atoms with E-state index in [1.807, 2.05) is 54.6 Å². The van der Waals surface area contributed by atoms with Gasteiger partial charge in [-0.15, -0.1) is 0 Å². The van der Waals surface area contributed by atoms with E-state index in [1.165, 1.54) is 4.90 Å². The first-order valence-corrected chi connectivity index (χ1v) is 9.81. The Morgan fingerprint density at radius 1 is 0.774 bits per heavy atom. The Hall–Kier alpha value is -4.06. The molecular weight excluding hydrogens is 392 g/mol. The Labute approximate surface area is 180 Å². The number of carbonyl (C=O) groups excluding carboxylic acids is 2. The van der Waals surface area contributed by atoms with Crippen LogP contribution in [0.2, 0.25) is 0 Å². The zero-order chi connectivity index (χ0) is 21.8. The van der Waals surface area contributed by atoms with Crippen LogP contribution in [0.4, 0.5) is 5.69 Å². The van der Waals surface area contributed by atoms with Crippen molar-refractivity contribution in [3.05, 3.63) is 95.7 Å². The molecule has 0 saturated carbocycles. The van der Waals surface area contributed by atoms with Gasteiger partial charge in [-0.2, -0.15) is 0 Å². The highest BCUT2D eigenvalue weighted by Crippen LogP contribution is 2.33. The van der Waals surface area contributed by atoms with Crippen LogP contribution in [0.3, 0.4) is 0 Å². The van der Waals surface area contributed by atoms with Gasteiger partial charge in [0.2, 0.25) is 0 Å². The monoisotopic (exact) mass is 414 g/mol. The van der Waals surface area contributed by atoms with Crippen LogP contribution in [-0.2, 0) is 16.1 Å². The molecule has 6 nitrogen and oxygen atoms in total. The number of hydrogen-bond donors (Lipinski definition) is 1. The van der Waals surface area contributed by atoms with Crippen LogP contribution in [0.25, 0.3) is 5.57 Å². The number of nitrogens with one attached hydrogen (secondary N) is 1. The van der Waals surface area contributed by atoms with E-state index < -0.39 is 0 Å². The number of methoxy groups -OCH3 is 2. The molecule has 0 radical (unpaired) electrons. The first kappa shape index (κ1) is 20.2. The van der Waals surface area contributed by atoms with E-state index in [9.17, 15) is 9.59 Å². The number of benzene rings is 3. The van der Waals surface area contributed by atoms with E-state index in [0.29, 0.717) is 28.3 Å². The molecule has 4 rings (SSSR count). The summed E-state index contributed by atoms with van der Waals surface area (Å²) in [6.45, 7) is 0.117. The highest BCUT2D eigenvalue weighted by molar-refractivity contribution is 6.36. The predicted molar refractivity (Wildman–Crippen MR) is 119 cm³/mol. The van der Waals surface area contributed by atoms with Crippen LogP contribution < -0.4 is 14.8 Å². The van der Waals surface area contributed by atoms with Gasteiger partial charge in [-0.05, 0) is 35.9 Å². The van der Waals surface area contributed by atoms with Crippen molar-refractivity contribution in [3.63, 3.8) is 0 Å². The Morgan fingerprint density at radius 2 is 1.45 bits per heavy atom. The van der Waals surface area contributed by atoms with Gasteiger partial charge < -0.3 is 14.8 Å². The number of anilines is 1. The van der Waals surface area contributed by atoms with Crippen molar-refractivity contribution in [1.29, 1.82) is 0 Å². The van der Waals surface area contributed by atoms with Crippen LogP contribution >= 0.6 is 0 Å². The van der Waals surface area contributed by atoms with Gasteiger partial charge in [-0.3, -0.25) is 14.5 Å². The molecule has 2 amide bonds. The van der Waals surface area contributed by atoms with E-state index in [1.54, 1.807) is 38.5 Å². The normalized spacial score (nSPS) is 13.5. The van der Waals surface area contributed by atoms with E-state index >= 15 is 0 Å². The summed E-state index contributed by atoms with van der Waals surface area (Å²) in [5.74, 6) is 0.596. The molecule has 3 aromatic carbocycles. The Bertz CT molecular complexity index is 1140. The van der Waals surface area contributed by atoms with Crippen LogP contribution in [0, 0.1) is 0 Å². The van der Waals surface area contributed by atoms with Gasteiger partial charge in [-0.1, -0.05) is 48.5 Å². The van der Waals surface area contributed by atoms with Crippen molar-refractivity contribution >= 4 is 23.1 Å². The number of hydrogen-bond acceptors (Lipinski definition) is 5. The summed E-state index contributed by atoms with van der Waals surface area (Å²) in [5, 5.41) is 3.15. The van der Waals surface area contributed by atoms with Crippen LogP contribution in [0.15, 0.2) is 84.6 Å². The van der Waals surface area contributed by atoms with Gasteiger partial charge >= 0.3 is 0 Å². The average molecular weight is 414 g/mol. The second-order valence-electron chi connectivity index (χ2n) is 6.98. The van der Waals surface area contributed by atoms with Crippen molar-refractivity contribution in [2.24, 2.45) is 0 Å². The molecule has 6 heteroatoms. The Morgan fingerprint density at radius 3 is 2.13 bits per heavy atom. The molecule has 0 unspecified atom stereocenters. The van der Waals surface area contributed by atoms with Gasteiger partial charge in [0.25, 0.3) is 11.8 Å². The standard InChI is InChI=1S/C25H22N2O4/c1-30-20-14-12-19(13-15-20)26-23-22(17-8-4-3-5-9-17)24(28)27(25(23)29)16-18-10-6-7-11-21(18)31-2/h3-15,26H,16H2,1-2H3. The topological polar surface area (TPSA) is 67.9 Å². The summed E-state index contributed by atoms with van der Waals surface area (Å²) >= 11 is 0. The summed E-state index contributed by atoms with van der Waals surface area (Å²) in [6, 6.07) is 23.7. The average Bonchev–Trinajstić information content (AvgIpc) is 3.04. The molecule has 1 N–H and O–H groups in total. The number of amides is 2. The Balaban J connectivity index is 1.71. The van der Waals surface area contributed by atoms with Crippen molar-refractivity contribution in [1.82, 2.24) is 4.90 Å². The van der Waals surface area contributed by atoms with Crippen LogP contribution in [0.5, 0.6) is 11.5 Å². The summed E-state index contributed by atoms with van der Waals surface area (Å²) in [6.07, 6.45) is 0. The molecular formula is C25H22N2O4. The lowest BCUT2D eigenvalue weighted by atomic mass is 10.0. The number of nitrogens with zero attached hydrogens (tertiary/aromatic N) is 1. The molecule has 1 aliphatic heterocycles. The van der Waals surface area contributed by atoms with Crippen molar-refractivity contribution in [2.75, 3.05) is 19.5 Å². The lowest BCUT2D eigenvalue weighted by molar-refractivity contribution is -0.137. The van der Waals surface area contributed by atoms with Gasteiger partial charge in [0.05, 0.1) is 26.3 Å². The lowest BCUT2D eigenvalue weighted by Gasteiger charge is -2.17. The number of carbonyl (C=O) groups is 2.